The molecular formula is C17H18N8. The Bertz CT molecular complexity index is 1070. The van der Waals surface area contributed by atoms with Crippen LogP contribution in [0.5, 0.6) is 0 Å². The first-order valence-corrected chi connectivity index (χ1v) is 8.26. The van der Waals surface area contributed by atoms with Crippen molar-refractivity contribution in [1.29, 1.82) is 0 Å². The fourth-order valence-corrected chi connectivity index (χ4v) is 3.53. The molecule has 0 aliphatic heterocycles. The third-order valence-corrected chi connectivity index (χ3v) is 5.05. The normalized spacial score (nSPS) is 23.2. The number of imidazole rings is 1. The zero-order valence-electron chi connectivity index (χ0n) is 13.8. The summed E-state index contributed by atoms with van der Waals surface area (Å²) in [4.78, 5) is 13.1. The van der Waals surface area contributed by atoms with E-state index in [4.69, 9.17) is 5.73 Å². The third kappa shape index (κ3) is 2.15. The zero-order valence-corrected chi connectivity index (χ0v) is 13.8. The maximum Gasteiger partial charge on any atom is 0.233 e. The number of hydrogen-bond acceptors (Lipinski definition) is 6. The minimum Gasteiger partial charge on any atom is -0.319 e. The summed E-state index contributed by atoms with van der Waals surface area (Å²) in [7, 11) is 1.96. The standard InChI is InChI=1S/C17H18N8/c1-19-12-6-17(18,7-12)15-21-9-14-13(2-4-25(14)23-15)11-8-22-16-20-3-5-24(16)10-11/h2-5,8-10,12,19H,6-7,18H2,1H3. The molecular weight excluding hydrogens is 316 g/mol. The summed E-state index contributed by atoms with van der Waals surface area (Å²) in [6.45, 7) is 0. The Morgan fingerprint density at radius 3 is 2.92 bits per heavy atom. The molecule has 0 radical (unpaired) electrons. The van der Waals surface area contributed by atoms with Gasteiger partial charge in [0.15, 0.2) is 5.82 Å². The highest BCUT2D eigenvalue weighted by Crippen LogP contribution is 2.37. The molecule has 0 atom stereocenters. The van der Waals surface area contributed by atoms with Gasteiger partial charge in [0.05, 0.1) is 17.3 Å². The van der Waals surface area contributed by atoms with E-state index in [-0.39, 0.29) is 0 Å². The number of rotatable bonds is 3. The second kappa shape index (κ2) is 5.08. The summed E-state index contributed by atoms with van der Waals surface area (Å²) in [5, 5.41) is 7.89. The van der Waals surface area contributed by atoms with Crippen LogP contribution in [0.25, 0.3) is 22.4 Å². The topological polar surface area (TPSA) is 98.4 Å². The average molecular weight is 334 g/mol. The van der Waals surface area contributed by atoms with Gasteiger partial charge in [0, 0.05) is 48.2 Å². The number of nitrogens with zero attached hydrogens (tertiary/aromatic N) is 6. The predicted octanol–water partition coefficient (Wildman–Crippen LogP) is 0.975. The number of aromatic nitrogens is 6. The van der Waals surface area contributed by atoms with Crippen LogP contribution in [-0.4, -0.2) is 42.1 Å². The lowest BCUT2D eigenvalue weighted by atomic mass is 9.73. The fraction of sp³-hybridized carbons (Fsp3) is 0.294. The van der Waals surface area contributed by atoms with Gasteiger partial charge in [-0.25, -0.2) is 19.5 Å². The molecule has 0 saturated heterocycles. The van der Waals surface area contributed by atoms with E-state index in [0.29, 0.717) is 17.6 Å². The Kier molecular flexibility index (Phi) is 2.94. The Labute approximate surface area is 143 Å². The van der Waals surface area contributed by atoms with Crippen molar-refractivity contribution in [3.8, 4) is 11.1 Å². The first-order chi connectivity index (χ1) is 12.2. The number of nitrogens with one attached hydrogen (secondary N) is 1. The smallest absolute Gasteiger partial charge is 0.233 e. The molecule has 1 saturated carbocycles. The lowest BCUT2D eigenvalue weighted by Gasteiger charge is -2.43. The van der Waals surface area contributed by atoms with Gasteiger partial charge in [-0.3, -0.25) is 4.40 Å². The van der Waals surface area contributed by atoms with E-state index in [2.05, 4.69) is 25.4 Å². The lowest BCUT2D eigenvalue weighted by Crippen LogP contribution is -2.57. The molecule has 4 aromatic heterocycles. The number of nitrogens with two attached hydrogens (primary N) is 1. The summed E-state index contributed by atoms with van der Waals surface area (Å²) in [5.74, 6) is 1.37. The monoisotopic (exact) mass is 334 g/mol. The van der Waals surface area contributed by atoms with Crippen LogP contribution < -0.4 is 11.1 Å². The maximum absolute atomic E-state index is 6.45. The van der Waals surface area contributed by atoms with E-state index in [1.165, 1.54) is 0 Å². The third-order valence-electron chi connectivity index (χ3n) is 5.05. The summed E-state index contributed by atoms with van der Waals surface area (Å²) in [5.41, 5.74) is 8.96. The minimum atomic E-state index is -0.441. The van der Waals surface area contributed by atoms with Gasteiger partial charge in [0.25, 0.3) is 0 Å². The number of hydrogen-bond donors (Lipinski definition) is 2. The molecule has 8 nitrogen and oxygen atoms in total. The van der Waals surface area contributed by atoms with Crippen molar-refractivity contribution in [2.75, 3.05) is 7.05 Å². The SMILES string of the molecule is CNC1CC(N)(c2ncc3c(-c4cnc5nccn5c4)ccn3n2)C1. The van der Waals surface area contributed by atoms with Gasteiger partial charge in [-0.15, -0.1) is 0 Å². The van der Waals surface area contributed by atoms with Crippen LogP contribution in [0, 0.1) is 0 Å². The Morgan fingerprint density at radius 1 is 1.20 bits per heavy atom. The highest BCUT2D eigenvalue weighted by Gasteiger charge is 2.44. The molecule has 0 spiro atoms. The van der Waals surface area contributed by atoms with Crippen molar-refractivity contribution in [2.24, 2.45) is 5.73 Å². The van der Waals surface area contributed by atoms with Crippen LogP contribution in [0.15, 0.2) is 43.2 Å². The fourth-order valence-electron chi connectivity index (χ4n) is 3.53. The largest absolute Gasteiger partial charge is 0.319 e. The Balaban J connectivity index is 1.55. The molecule has 25 heavy (non-hydrogen) atoms. The average Bonchev–Trinajstić information content (AvgIpc) is 3.23. The molecule has 8 heteroatoms. The van der Waals surface area contributed by atoms with Crippen molar-refractivity contribution < 1.29 is 0 Å². The van der Waals surface area contributed by atoms with Crippen molar-refractivity contribution in [1.82, 2.24) is 34.3 Å². The molecule has 0 amide bonds. The molecule has 3 N–H and O–H groups in total. The van der Waals surface area contributed by atoms with Gasteiger partial charge in [0.1, 0.15) is 0 Å². The van der Waals surface area contributed by atoms with Crippen LogP contribution in [-0.2, 0) is 5.54 Å². The van der Waals surface area contributed by atoms with Crippen LogP contribution >= 0.6 is 0 Å². The first-order valence-electron chi connectivity index (χ1n) is 8.26. The van der Waals surface area contributed by atoms with Gasteiger partial charge in [-0.1, -0.05) is 0 Å². The summed E-state index contributed by atoms with van der Waals surface area (Å²) in [6, 6.07) is 2.46. The second-order valence-corrected chi connectivity index (χ2v) is 6.67. The molecule has 126 valence electrons. The van der Waals surface area contributed by atoms with Gasteiger partial charge >= 0.3 is 0 Å². The van der Waals surface area contributed by atoms with E-state index in [1.807, 2.05) is 53.0 Å². The molecule has 4 heterocycles. The molecule has 4 aromatic rings. The maximum atomic E-state index is 6.45. The molecule has 1 aliphatic carbocycles. The van der Waals surface area contributed by atoms with Crippen LogP contribution in [0.4, 0.5) is 0 Å². The highest BCUT2D eigenvalue weighted by atomic mass is 15.3. The van der Waals surface area contributed by atoms with Crippen LogP contribution in [0.1, 0.15) is 18.7 Å². The molecule has 1 aliphatic rings. The molecule has 5 rings (SSSR count). The Morgan fingerprint density at radius 2 is 2.08 bits per heavy atom. The van der Waals surface area contributed by atoms with Crippen LogP contribution in [0.2, 0.25) is 0 Å². The lowest BCUT2D eigenvalue weighted by molar-refractivity contribution is 0.172. The summed E-state index contributed by atoms with van der Waals surface area (Å²) >= 11 is 0. The summed E-state index contributed by atoms with van der Waals surface area (Å²) in [6.07, 6.45) is 12.9. The van der Waals surface area contributed by atoms with Crippen molar-refractivity contribution >= 4 is 11.3 Å². The highest BCUT2D eigenvalue weighted by molar-refractivity contribution is 5.79. The van der Waals surface area contributed by atoms with E-state index < -0.39 is 5.54 Å². The van der Waals surface area contributed by atoms with E-state index in [1.54, 1.807) is 6.20 Å². The van der Waals surface area contributed by atoms with Gasteiger partial charge < -0.3 is 11.1 Å². The van der Waals surface area contributed by atoms with Crippen molar-refractivity contribution in [2.45, 2.75) is 24.4 Å². The van der Waals surface area contributed by atoms with Crippen LogP contribution in [0.3, 0.4) is 0 Å². The Hall–Kier alpha value is -2.84. The predicted molar refractivity (Wildman–Crippen MR) is 92.9 cm³/mol. The molecule has 0 unspecified atom stereocenters. The quantitative estimate of drug-likeness (QED) is 0.579. The van der Waals surface area contributed by atoms with E-state index in [0.717, 1.165) is 29.5 Å². The molecule has 0 aromatic carbocycles. The van der Waals surface area contributed by atoms with Crippen molar-refractivity contribution in [3.63, 3.8) is 0 Å². The first kappa shape index (κ1) is 14.5. The second-order valence-electron chi connectivity index (χ2n) is 6.67. The minimum absolute atomic E-state index is 0.441. The van der Waals surface area contributed by atoms with Gasteiger partial charge in [0.2, 0.25) is 5.78 Å². The molecule has 1 fully saturated rings. The van der Waals surface area contributed by atoms with Gasteiger partial charge in [-0.2, -0.15) is 5.10 Å². The van der Waals surface area contributed by atoms with E-state index >= 15 is 0 Å². The number of fused-ring (bicyclic) bond motifs is 2. The van der Waals surface area contributed by atoms with Crippen molar-refractivity contribution in [3.05, 3.63) is 49.1 Å². The van der Waals surface area contributed by atoms with Gasteiger partial charge in [-0.05, 0) is 26.0 Å². The summed E-state index contributed by atoms with van der Waals surface area (Å²) < 4.78 is 3.74. The molecule has 0 bridgehead atoms. The zero-order chi connectivity index (χ0) is 17.0. The van der Waals surface area contributed by atoms with E-state index in [9.17, 15) is 0 Å².